The van der Waals surface area contributed by atoms with Crippen LogP contribution in [0.3, 0.4) is 0 Å². The Kier molecular flexibility index (Phi) is 4.37. The zero-order valence-electron chi connectivity index (χ0n) is 11.4. The quantitative estimate of drug-likeness (QED) is 0.857. The molecule has 2 rings (SSSR count). The summed E-state index contributed by atoms with van der Waals surface area (Å²) in [6.07, 6.45) is 2.24. The number of aromatic nitrogens is 1. The highest BCUT2D eigenvalue weighted by atomic mass is 16.4. The van der Waals surface area contributed by atoms with Crippen LogP contribution in [-0.4, -0.2) is 36.6 Å². The fourth-order valence-corrected chi connectivity index (χ4v) is 1.80. The number of carbonyl (C=O) groups is 1. The van der Waals surface area contributed by atoms with Gasteiger partial charge < -0.3 is 19.7 Å². The molecule has 0 fully saturated rings. The van der Waals surface area contributed by atoms with Crippen LogP contribution in [0.2, 0.25) is 0 Å². The van der Waals surface area contributed by atoms with E-state index < -0.39 is 6.10 Å². The van der Waals surface area contributed by atoms with Gasteiger partial charge >= 0.3 is 0 Å². The van der Waals surface area contributed by atoms with Crippen molar-refractivity contribution >= 4 is 11.7 Å². The first-order valence-electron chi connectivity index (χ1n) is 6.21. The molecule has 2 heterocycles. The van der Waals surface area contributed by atoms with Crippen molar-refractivity contribution in [3.8, 4) is 0 Å². The summed E-state index contributed by atoms with van der Waals surface area (Å²) in [7, 11) is 3.63. The molecule has 0 aliphatic carbocycles. The highest BCUT2D eigenvalue weighted by Gasteiger charge is 2.16. The van der Waals surface area contributed by atoms with Crippen molar-refractivity contribution in [2.45, 2.75) is 6.10 Å². The van der Waals surface area contributed by atoms with E-state index in [0.717, 1.165) is 0 Å². The number of carbonyl (C=O) groups excluding carboxylic acids is 1. The van der Waals surface area contributed by atoms with Crippen molar-refractivity contribution in [1.29, 1.82) is 0 Å². The molecule has 1 amide bonds. The van der Waals surface area contributed by atoms with Gasteiger partial charge in [-0.15, -0.1) is 0 Å². The standard InChI is InChI=1S/C14H17N3O3/c1-17(2)13-10(5-3-7-15-13)14(19)16-9-11(18)12-6-4-8-20-12/h3-8,11,18H,9H2,1-2H3,(H,16,19). The first-order chi connectivity index (χ1) is 9.59. The van der Waals surface area contributed by atoms with Gasteiger partial charge in [-0.1, -0.05) is 0 Å². The fourth-order valence-electron chi connectivity index (χ4n) is 1.80. The molecule has 0 aliphatic rings. The van der Waals surface area contributed by atoms with E-state index in [0.29, 0.717) is 17.1 Å². The Balaban J connectivity index is 2.02. The second kappa shape index (κ2) is 6.21. The zero-order chi connectivity index (χ0) is 14.5. The van der Waals surface area contributed by atoms with Gasteiger partial charge in [-0.25, -0.2) is 4.98 Å². The summed E-state index contributed by atoms with van der Waals surface area (Å²) in [6, 6.07) is 6.74. The maximum atomic E-state index is 12.1. The van der Waals surface area contributed by atoms with E-state index in [1.54, 1.807) is 35.4 Å². The van der Waals surface area contributed by atoms with Gasteiger partial charge in [-0.3, -0.25) is 4.79 Å². The van der Waals surface area contributed by atoms with Gasteiger partial charge in [0, 0.05) is 20.3 Å². The molecule has 0 bridgehead atoms. The van der Waals surface area contributed by atoms with E-state index in [4.69, 9.17) is 4.42 Å². The first-order valence-corrected chi connectivity index (χ1v) is 6.21. The normalized spacial score (nSPS) is 11.9. The molecular weight excluding hydrogens is 258 g/mol. The molecular formula is C14H17N3O3. The van der Waals surface area contributed by atoms with Crippen LogP contribution in [0.4, 0.5) is 5.82 Å². The summed E-state index contributed by atoms with van der Waals surface area (Å²) < 4.78 is 5.07. The topological polar surface area (TPSA) is 78.6 Å². The number of pyridine rings is 1. The number of amides is 1. The lowest BCUT2D eigenvalue weighted by Crippen LogP contribution is -2.30. The number of rotatable bonds is 5. The van der Waals surface area contributed by atoms with Crippen molar-refractivity contribution in [2.75, 3.05) is 25.5 Å². The number of hydrogen-bond acceptors (Lipinski definition) is 5. The molecule has 2 aromatic rings. The van der Waals surface area contributed by atoms with Crippen LogP contribution in [0, 0.1) is 0 Å². The molecule has 0 radical (unpaired) electrons. The summed E-state index contributed by atoms with van der Waals surface area (Å²) in [5.74, 6) is 0.717. The Morgan fingerprint density at radius 3 is 2.90 bits per heavy atom. The number of furan rings is 1. The highest BCUT2D eigenvalue weighted by Crippen LogP contribution is 2.15. The summed E-state index contributed by atoms with van der Waals surface area (Å²) in [5.41, 5.74) is 0.462. The first kappa shape index (κ1) is 14.1. The average Bonchev–Trinajstić information content (AvgIpc) is 2.98. The molecule has 1 unspecified atom stereocenters. The summed E-state index contributed by atoms with van der Waals surface area (Å²) >= 11 is 0. The van der Waals surface area contributed by atoms with Crippen LogP contribution in [0.1, 0.15) is 22.2 Å². The molecule has 2 aromatic heterocycles. The van der Waals surface area contributed by atoms with Gasteiger partial charge in [-0.2, -0.15) is 0 Å². The smallest absolute Gasteiger partial charge is 0.255 e. The molecule has 0 aliphatic heterocycles. The zero-order valence-corrected chi connectivity index (χ0v) is 11.4. The Morgan fingerprint density at radius 1 is 1.45 bits per heavy atom. The lowest BCUT2D eigenvalue weighted by Gasteiger charge is -2.16. The van der Waals surface area contributed by atoms with Crippen molar-refractivity contribution in [3.63, 3.8) is 0 Å². The second-order valence-electron chi connectivity index (χ2n) is 4.51. The van der Waals surface area contributed by atoms with Gasteiger partial charge in [0.25, 0.3) is 5.91 Å². The number of nitrogens with one attached hydrogen (secondary N) is 1. The van der Waals surface area contributed by atoms with Crippen molar-refractivity contribution in [3.05, 3.63) is 48.0 Å². The van der Waals surface area contributed by atoms with Gasteiger partial charge in [-0.05, 0) is 24.3 Å². The monoisotopic (exact) mass is 275 g/mol. The second-order valence-corrected chi connectivity index (χ2v) is 4.51. The van der Waals surface area contributed by atoms with E-state index in [9.17, 15) is 9.90 Å². The molecule has 0 aromatic carbocycles. The van der Waals surface area contributed by atoms with Gasteiger partial charge in [0.2, 0.25) is 0 Å². The van der Waals surface area contributed by atoms with Crippen LogP contribution in [0.25, 0.3) is 0 Å². The predicted molar refractivity (Wildman–Crippen MR) is 74.6 cm³/mol. The summed E-state index contributed by atoms with van der Waals surface area (Å²) in [5, 5.41) is 12.5. The highest BCUT2D eigenvalue weighted by molar-refractivity contribution is 5.98. The SMILES string of the molecule is CN(C)c1ncccc1C(=O)NCC(O)c1ccco1. The van der Waals surface area contributed by atoms with Crippen molar-refractivity contribution in [1.82, 2.24) is 10.3 Å². The number of anilines is 1. The Morgan fingerprint density at radius 2 is 2.25 bits per heavy atom. The minimum Gasteiger partial charge on any atom is -0.467 e. The maximum Gasteiger partial charge on any atom is 0.255 e. The average molecular weight is 275 g/mol. The van der Waals surface area contributed by atoms with E-state index >= 15 is 0 Å². The number of aliphatic hydroxyl groups excluding tert-OH is 1. The molecule has 6 heteroatoms. The van der Waals surface area contributed by atoms with Crippen LogP contribution in [-0.2, 0) is 0 Å². The molecule has 106 valence electrons. The van der Waals surface area contributed by atoms with Gasteiger partial charge in [0.15, 0.2) is 0 Å². The van der Waals surface area contributed by atoms with E-state index in [2.05, 4.69) is 10.3 Å². The Labute approximate surface area is 117 Å². The third-order valence-corrected chi connectivity index (χ3v) is 2.78. The van der Waals surface area contributed by atoms with Crippen LogP contribution >= 0.6 is 0 Å². The number of hydrogen-bond donors (Lipinski definition) is 2. The molecule has 0 saturated heterocycles. The fraction of sp³-hybridized carbons (Fsp3) is 0.286. The molecule has 2 N–H and O–H groups in total. The number of nitrogens with zero attached hydrogens (tertiary/aromatic N) is 2. The van der Waals surface area contributed by atoms with Gasteiger partial charge in [0.05, 0.1) is 18.4 Å². The Hall–Kier alpha value is -2.34. The van der Waals surface area contributed by atoms with Crippen molar-refractivity contribution in [2.24, 2.45) is 0 Å². The van der Waals surface area contributed by atoms with E-state index in [-0.39, 0.29) is 12.5 Å². The molecule has 6 nitrogen and oxygen atoms in total. The number of aliphatic hydroxyl groups is 1. The molecule has 0 saturated carbocycles. The largest absolute Gasteiger partial charge is 0.467 e. The molecule has 1 atom stereocenters. The minimum absolute atomic E-state index is 0.0775. The van der Waals surface area contributed by atoms with Crippen LogP contribution in [0.15, 0.2) is 41.1 Å². The third-order valence-electron chi connectivity index (χ3n) is 2.78. The van der Waals surface area contributed by atoms with E-state index in [1.807, 2.05) is 14.1 Å². The third kappa shape index (κ3) is 3.16. The summed E-state index contributed by atoms with van der Waals surface area (Å²) in [6.45, 7) is 0.0775. The summed E-state index contributed by atoms with van der Waals surface area (Å²) in [4.78, 5) is 18.0. The molecule has 20 heavy (non-hydrogen) atoms. The lowest BCUT2D eigenvalue weighted by molar-refractivity contribution is 0.0901. The lowest BCUT2D eigenvalue weighted by atomic mass is 10.2. The minimum atomic E-state index is -0.867. The van der Waals surface area contributed by atoms with Crippen LogP contribution < -0.4 is 10.2 Å². The Bertz CT molecular complexity index is 567. The predicted octanol–water partition coefficient (Wildman–Crippen LogP) is 1.20. The molecule has 0 spiro atoms. The maximum absolute atomic E-state index is 12.1. The van der Waals surface area contributed by atoms with E-state index in [1.165, 1.54) is 6.26 Å². The van der Waals surface area contributed by atoms with Crippen LogP contribution in [0.5, 0.6) is 0 Å². The van der Waals surface area contributed by atoms with Crippen molar-refractivity contribution < 1.29 is 14.3 Å². The van der Waals surface area contributed by atoms with Gasteiger partial charge in [0.1, 0.15) is 17.7 Å².